The molecule has 0 rings (SSSR count). The number of nitrogens with two attached hydrogens (primary N) is 1. The van der Waals surface area contributed by atoms with Gasteiger partial charge >= 0.3 is 5.97 Å². The number of carbonyl (C=O) groups excluding carboxylic acids is 3. The second-order valence-corrected chi connectivity index (χ2v) is 5.80. The Morgan fingerprint density at radius 2 is 1.52 bits per heavy atom. The summed E-state index contributed by atoms with van der Waals surface area (Å²) in [6.07, 6.45) is -1.29. The molecule has 0 aromatic heterocycles. The van der Waals surface area contributed by atoms with Crippen LogP contribution in [0, 0.1) is 5.92 Å². The molecule has 144 valence electrons. The van der Waals surface area contributed by atoms with Crippen LogP contribution in [0.1, 0.15) is 20.8 Å². The normalized spacial score (nSPS) is 15.6. The number of aliphatic hydroxyl groups excluding tert-OH is 2. The minimum atomic E-state index is -1.45. The van der Waals surface area contributed by atoms with E-state index < -0.39 is 67.0 Å². The molecular weight excluding hydrogens is 336 g/mol. The second kappa shape index (κ2) is 10.6. The number of nitrogens with one attached hydrogen (secondary N) is 3. The standard InChI is InChI=1S/C14H26N4O7/c1-6(2)10(14(24)25)18-12(22)8(5-19)16-13(23)11(7(3)20)17-9(21)4-15/h6-8,10-11,19-20H,4-5,15H2,1-3H3,(H,16,23)(H,17,21)(H,18,22)(H,24,25). The lowest BCUT2D eigenvalue weighted by Gasteiger charge is -2.25. The van der Waals surface area contributed by atoms with E-state index in [1.165, 1.54) is 6.92 Å². The van der Waals surface area contributed by atoms with Gasteiger partial charge in [0.2, 0.25) is 17.7 Å². The van der Waals surface area contributed by atoms with E-state index in [2.05, 4.69) is 16.0 Å². The highest BCUT2D eigenvalue weighted by Gasteiger charge is 2.31. The number of hydrogen-bond donors (Lipinski definition) is 7. The summed E-state index contributed by atoms with van der Waals surface area (Å²) in [4.78, 5) is 46.6. The lowest BCUT2D eigenvalue weighted by molar-refractivity contribution is -0.144. The van der Waals surface area contributed by atoms with Gasteiger partial charge in [-0.3, -0.25) is 14.4 Å². The lowest BCUT2D eigenvalue weighted by atomic mass is 10.0. The highest BCUT2D eigenvalue weighted by molar-refractivity contribution is 5.93. The summed E-state index contributed by atoms with van der Waals surface area (Å²) in [5.41, 5.74) is 5.12. The largest absolute Gasteiger partial charge is 0.480 e. The summed E-state index contributed by atoms with van der Waals surface area (Å²) in [6, 6.07) is -4.05. The fraction of sp³-hybridized carbons (Fsp3) is 0.714. The van der Waals surface area contributed by atoms with Crippen LogP contribution in [0.2, 0.25) is 0 Å². The summed E-state index contributed by atoms with van der Waals surface area (Å²) < 4.78 is 0. The molecule has 0 aliphatic rings. The molecule has 25 heavy (non-hydrogen) atoms. The van der Waals surface area contributed by atoms with Crippen LogP contribution in [0.4, 0.5) is 0 Å². The van der Waals surface area contributed by atoms with E-state index in [-0.39, 0.29) is 0 Å². The van der Waals surface area contributed by atoms with Gasteiger partial charge in [0.25, 0.3) is 0 Å². The van der Waals surface area contributed by atoms with Crippen LogP contribution in [0.3, 0.4) is 0 Å². The number of carbonyl (C=O) groups is 4. The highest BCUT2D eigenvalue weighted by atomic mass is 16.4. The van der Waals surface area contributed by atoms with Gasteiger partial charge in [-0.05, 0) is 12.8 Å². The third kappa shape index (κ3) is 7.45. The Kier molecular flexibility index (Phi) is 9.64. The van der Waals surface area contributed by atoms with Crippen LogP contribution >= 0.6 is 0 Å². The molecule has 0 aliphatic heterocycles. The van der Waals surface area contributed by atoms with E-state index in [0.29, 0.717) is 0 Å². The molecule has 11 heteroatoms. The summed E-state index contributed by atoms with van der Waals surface area (Å²) >= 11 is 0. The van der Waals surface area contributed by atoms with E-state index in [0.717, 1.165) is 0 Å². The van der Waals surface area contributed by atoms with E-state index in [1.54, 1.807) is 13.8 Å². The van der Waals surface area contributed by atoms with Crippen molar-refractivity contribution in [3.63, 3.8) is 0 Å². The molecular formula is C14H26N4O7. The van der Waals surface area contributed by atoms with Crippen LogP contribution in [-0.2, 0) is 19.2 Å². The third-order valence-corrected chi connectivity index (χ3v) is 3.31. The molecule has 11 nitrogen and oxygen atoms in total. The molecule has 0 radical (unpaired) electrons. The Labute approximate surface area is 145 Å². The highest BCUT2D eigenvalue weighted by Crippen LogP contribution is 2.03. The molecule has 0 heterocycles. The second-order valence-electron chi connectivity index (χ2n) is 5.80. The number of carboxylic acids is 1. The van der Waals surface area contributed by atoms with Crippen molar-refractivity contribution in [3.8, 4) is 0 Å². The quantitative estimate of drug-likeness (QED) is 0.208. The number of hydrogen-bond acceptors (Lipinski definition) is 7. The van der Waals surface area contributed by atoms with Crippen molar-refractivity contribution >= 4 is 23.7 Å². The van der Waals surface area contributed by atoms with Crippen molar-refractivity contribution in [2.45, 2.75) is 45.0 Å². The Hall–Kier alpha value is -2.24. The molecule has 4 unspecified atom stereocenters. The van der Waals surface area contributed by atoms with Crippen molar-refractivity contribution in [3.05, 3.63) is 0 Å². The summed E-state index contributed by atoms with van der Waals surface area (Å²) in [6.45, 7) is 3.19. The van der Waals surface area contributed by atoms with Gasteiger partial charge in [0.15, 0.2) is 0 Å². The maximum Gasteiger partial charge on any atom is 0.326 e. The SMILES string of the molecule is CC(C)C(NC(=O)C(CO)NC(=O)C(NC(=O)CN)C(C)O)C(=O)O. The van der Waals surface area contributed by atoms with Gasteiger partial charge < -0.3 is 37.0 Å². The maximum atomic E-state index is 12.1. The molecule has 4 atom stereocenters. The molecule has 0 bridgehead atoms. The zero-order valence-corrected chi connectivity index (χ0v) is 14.4. The number of carboxylic acid groups (broad SMARTS) is 1. The predicted molar refractivity (Wildman–Crippen MR) is 86.1 cm³/mol. The first-order chi connectivity index (χ1) is 11.5. The topological polar surface area (TPSA) is 191 Å². The van der Waals surface area contributed by atoms with Crippen LogP contribution in [0.5, 0.6) is 0 Å². The molecule has 0 aromatic rings. The molecule has 0 saturated heterocycles. The summed E-state index contributed by atoms with van der Waals surface area (Å²) in [7, 11) is 0. The summed E-state index contributed by atoms with van der Waals surface area (Å²) in [5.74, 6) is -4.22. The number of aliphatic carboxylic acids is 1. The lowest BCUT2D eigenvalue weighted by Crippen LogP contribution is -2.60. The van der Waals surface area contributed by atoms with Gasteiger partial charge in [0, 0.05) is 0 Å². The van der Waals surface area contributed by atoms with Gasteiger partial charge in [-0.2, -0.15) is 0 Å². The Morgan fingerprint density at radius 1 is 0.960 bits per heavy atom. The molecule has 0 aliphatic carbocycles. The molecule has 0 aromatic carbocycles. The first-order valence-electron chi connectivity index (χ1n) is 7.67. The van der Waals surface area contributed by atoms with Crippen molar-refractivity contribution in [2.24, 2.45) is 11.7 Å². The number of aliphatic hydroxyl groups is 2. The van der Waals surface area contributed by atoms with Crippen molar-refractivity contribution in [1.29, 1.82) is 0 Å². The van der Waals surface area contributed by atoms with Crippen LogP contribution in [-0.4, -0.2) is 76.4 Å². The fourth-order valence-electron chi connectivity index (χ4n) is 1.86. The van der Waals surface area contributed by atoms with Gasteiger partial charge in [0.05, 0.1) is 19.3 Å². The molecule has 0 saturated carbocycles. The Morgan fingerprint density at radius 3 is 1.88 bits per heavy atom. The Bertz CT molecular complexity index is 496. The minimum Gasteiger partial charge on any atom is -0.480 e. The summed E-state index contributed by atoms with van der Waals surface area (Å²) in [5, 5.41) is 34.5. The van der Waals surface area contributed by atoms with Gasteiger partial charge in [-0.25, -0.2) is 4.79 Å². The first-order valence-corrected chi connectivity index (χ1v) is 7.67. The van der Waals surface area contributed by atoms with E-state index >= 15 is 0 Å². The van der Waals surface area contributed by atoms with E-state index in [4.69, 9.17) is 10.8 Å². The van der Waals surface area contributed by atoms with Crippen molar-refractivity contribution in [2.75, 3.05) is 13.2 Å². The molecule has 8 N–H and O–H groups in total. The molecule has 0 fully saturated rings. The minimum absolute atomic E-state index is 0.408. The molecule has 3 amide bonds. The first kappa shape index (κ1) is 22.8. The monoisotopic (exact) mass is 362 g/mol. The van der Waals surface area contributed by atoms with Crippen molar-refractivity contribution < 1.29 is 34.5 Å². The maximum absolute atomic E-state index is 12.1. The zero-order chi connectivity index (χ0) is 19.7. The predicted octanol–water partition coefficient (Wildman–Crippen LogP) is -3.49. The molecule has 0 spiro atoms. The van der Waals surface area contributed by atoms with E-state index in [9.17, 15) is 29.4 Å². The third-order valence-electron chi connectivity index (χ3n) is 3.31. The van der Waals surface area contributed by atoms with Gasteiger partial charge in [-0.1, -0.05) is 13.8 Å². The van der Waals surface area contributed by atoms with Crippen molar-refractivity contribution in [1.82, 2.24) is 16.0 Å². The Balaban J connectivity index is 5.04. The average Bonchev–Trinajstić information content (AvgIpc) is 2.53. The average molecular weight is 362 g/mol. The van der Waals surface area contributed by atoms with Gasteiger partial charge in [0.1, 0.15) is 18.1 Å². The number of rotatable bonds is 10. The van der Waals surface area contributed by atoms with Crippen LogP contribution in [0.25, 0.3) is 0 Å². The number of amides is 3. The zero-order valence-electron chi connectivity index (χ0n) is 14.4. The van der Waals surface area contributed by atoms with Crippen LogP contribution < -0.4 is 21.7 Å². The fourth-order valence-corrected chi connectivity index (χ4v) is 1.86. The van der Waals surface area contributed by atoms with Crippen LogP contribution in [0.15, 0.2) is 0 Å². The smallest absolute Gasteiger partial charge is 0.326 e. The van der Waals surface area contributed by atoms with Gasteiger partial charge in [-0.15, -0.1) is 0 Å². The van der Waals surface area contributed by atoms with E-state index in [1.807, 2.05) is 0 Å².